The number of carbonyl (C=O) groups excluding carboxylic acids is 2. The summed E-state index contributed by atoms with van der Waals surface area (Å²) in [5, 5.41) is 9.55. The van der Waals surface area contributed by atoms with Gasteiger partial charge in [-0.05, 0) is 44.9 Å². The highest BCUT2D eigenvalue weighted by Gasteiger charge is 2.16. The summed E-state index contributed by atoms with van der Waals surface area (Å²) in [7, 11) is 0. The van der Waals surface area contributed by atoms with Gasteiger partial charge in [0.2, 0.25) is 0 Å². The van der Waals surface area contributed by atoms with E-state index in [1.807, 2.05) is 0 Å². The number of hydrogen-bond donors (Lipinski definition) is 1. The number of rotatable bonds is 36. The fourth-order valence-corrected chi connectivity index (χ4v) is 5.70. The third kappa shape index (κ3) is 35.2. The first kappa shape index (κ1) is 44.4. The van der Waals surface area contributed by atoms with Crippen LogP contribution in [-0.4, -0.2) is 36.4 Å². The number of unbranched alkanes of at least 4 members (excludes halogenated alkanes) is 24. The van der Waals surface area contributed by atoms with Crippen molar-refractivity contribution in [3.63, 3.8) is 0 Å². The van der Waals surface area contributed by atoms with Gasteiger partial charge in [-0.15, -0.1) is 0 Å². The van der Waals surface area contributed by atoms with E-state index in [0.29, 0.717) is 12.8 Å². The lowest BCUT2D eigenvalue weighted by Gasteiger charge is -2.15. The molecule has 46 heavy (non-hydrogen) atoms. The zero-order valence-corrected chi connectivity index (χ0v) is 30.6. The average molecular weight is 649 g/mol. The normalized spacial score (nSPS) is 12.3. The zero-order valence-electron chi connectivity index (χ0n) is 30.6. The number of carbonyl (C=O) groups is 2. The van der Waals surface area contributed by atoms with Crippen molar-refractivity contribution in [2.24, 2.45) is 0 Å². The van der Waals surface area contributed by atoms with E-state index in [-0.39, 0.29) is 25.2 Å². The van der Waals surface area contributed by atoms with Crippen molar-refractivity contribution in [1.29, 1.82) is 0 Å². The summed E-state index contributed by atoms with van der Waals surface area (Å²) in [6.45, 7) is 4.12. The van der Waals surface area contributed by atoms with Gasteiger partial charge in [0, 0.05) is 12.8 Å². The van der Waals surface area contributed by atoms with Gasteiger partial charge in [0.25, 0.3) is 0 Å². The maximum Gasteiger partial charge on any atom is 0.306 e. The quantitative estimate of drug-likeness (QED) is 0.0416. The minimum Gasteiger partial charge on any atom is -0.462 e. The number of ether oxygens (including phenoxy) is 2. The van der Waals surface area contributed by atoms with Crippen LogP contribution in [0.4, 0.5) is 0 Å². The van der Waals surface area contributed by atoms with Crippen LogP contribution in [0.5, 0.6) is 0 Å². The third-order valence-electron chi connectivity index (χ3n) is 8.75. The van der Waals surface area contributed by atoms with Gasteiger partial charge >= 0.3 is 11.9 Å². The molecule has 0 aliphatic rings. The predicted molar refractivity (Wildman–Crippen MR) is 196 cm³/mol. The Morgan fingerprint density at radius 2 is 0.870 bits per heavy atom. The largest absolute Gasteiger partial charge is 0.462 e. The van der Waals surface area contributed by atoms with Crippen LogP contribution in [0.15, 0.2) is 24.3 Å². The van der Waals surface area contributed by atoms with Crippen molar-refractivity contribution in [3.05, 3.63) is 24.3 Å². The van der Waals surface area contributed by atoms with Crippen molar-refractivity contribution in [2.45, 2.75) is 213 Å². The summed E-state index contributed by atoms with van der Waals surface area (Å²) in [6.07, 6.45) is 43.8. The molecular weight excluding hydrogens is 572 g/mol. The van der Waals surface area contributed by atoms with Crippen molar-refractivity contribution >= 4 is 11.9 Å². The van der Waals surface area contributed by atoms with Gasteiger partial charge in [-0.1, -0.05) is 173 Å². The molecule has 0 aromatic heterocycles. The summed E-state index contributed by atoms with van der Waals surface area (Å²) in [4.78, 5) is 24.2. The van der Waals surface area contributed by atoms with Crippen molar-refractivity contribution in [3.8, 4) is 0 Å². The lowest BCUT2D eigenvalue weighted by Crippen LogP contribution is -2.28. The van der Waals surface area contributed by atoms with Gasteiger partial charge in [0.15, 0.2) is 6.10 Å². The zero-order chi connectivity index (χ0) is 33.6. The highest BCUT2D eigenvalue weighted by molar-refractivity contribution is 5.70. The lowest BCUT2D eigenvalue weighted by atomic mass is 10.0. The van der Waals surface area contributed by atoms with Crippen LogP contribution >= 0.6 is 0 Å². The predicted octanol–water partition coefficient (Wildman–Crippen LogP) is 12.3. The van der Waals surface area contributed by atoms with Crippen LogP contribution in [0.25, 0.3) is 0 Å². The molecule has 1 N–H and O–H groups in total. The van der Waals surface area contributed by atoms with E-state index in [0.717, 1.165) is 44.9 Å². The van der Waals surface area contributed by atoms with E-state index in [4.69, 9.17) is 9.47 Å². The van der Waals surface area contributed by atoms with Crippen molar-refractivity contribution in [1.82, 2.24) is 0 Å². The molecule has 0 bridgehead atoms. The van der Waals surface area contributed by atoms with Crippen molar-refractivity contribution in [2.75, 3.05) is 13.2 Å². The molecule has 0 aromatic rings. The molecule has 0 aliphatic carbocycles. The average Bonchev–Trinajstić information content (AvgIpc) is 3.06. The van der Waals surface area contributed by atoms with Crippen LogP contribution in [0.2, 0.25) is 0 Å². The van der Waals surface area contributed by atoms with E-state index in [9.17, 15) is 14.7 Å². The van der Waals surface area contributed by atoms with E-state index in [2.05, 4.69) is 38.2 Å². The summed E-state index contributed by atoms with van der Waals surface area (Å²) >= 11 is 0. The summed E-state index contributed by atoms with van der Waals surface area (Å²) < 4.78 is 10.6. The van der Waals surface area contributed by atoms with E-state index in [1.165, 1.54) is 135 Å². The molecule has 0 spiro atoms. The molecule has 0 saturated carbocycles. The Bertz CT molecular complexity index is 701. The molecule has 0 amide bonds. The van der Waals surface area contributed by atoms with E-state index >= 15 is 0 Å². The van der Waals surface area contributed by atoms with Gasteiger partial charge in [-0.3, -0.25) is 9.59 Å². The Morgan fingerprint density at radius 1 is 0.500 bits per heavy atom. The molecular formula is C41H76O5. The molecule has 0 saturated heterocycles. The summed E-state index contributed by atoms with van der Waals surface area (Å²) in [6, 6.07) is 0. The van der Waals surface area contributed by atoms with Gasteiger partial charge in [-0.2, -0.15) is 0 Å². The Hall–Kier alpha value is -1.62. The first-order chi connectivity index (χ1) is 22.6. The molecule has 0 aliphatic heterocycles. The molecule has 5 heteroatoms. The number of hydrogen-bond acceptors (Lipinski definition) is 5. The lowest BCUT2D eigenvalue weighted by molar-refractivity contribution is -0.161. The fourth-order valence-electron chi connectivity index (χ4n) is 5.70. The summed E-state index contributed by atoms with van der Waals surface area (Å²) in [5.74, 6) is -0.588. The van der Waals surface area contributed by atoms with E-state index < -0.39 is 6.10 Å². The Kier molecular flexibility index (Phi) is 36.5. The maximum atomic E-state index is 12.2. The minimum atomic E-state index is -0.768. The SMILES string of the molecule is CCCCCC=CCC=CCCCCCCCCCCCC(=O)OC(CO)COC(=O)CCCCCCCCCCCCCCC. The molecule has 1 unspecified atom stereocenters. The molecule has 0 rings (SSSR count). The van der Waals surface area contributed by atoms with Gasteiger partial charge in [-0.25, -0.2) is 0 Å². The van der Waals surface area contributed by atoms with Crippen LogP contribution < -0.4 is 0 Å². The first-order valence-corrected chi connectivity index (χ1v) is 19.9. The van der Waals surface area contributed by atoms with Crippen LogP contribution in [0, 0.1) is 0 Å². The van der Waals surface area contributed by atoms with Gasteiger partial charge in [0.1, 0.15) is 6.61 Å². The highest BCUT2D eigenvalue weighted by atomic mass is 16.6. The second-order valence-electron chi connectivity index (χ2n) is 13.4. The topological polar surface area (TPSA) is 72.8 Å². The number of allylic oxidation sites excluding steroid dienone is 4. The highest BCUT2D eigenvalue weighted by Crippen LogP contribution is 2.14. The Balaban J connectivity index is 3.53. The molecule has 1 atom stereocenters. The number of aliphatic hydroxyl groups is 1. The van der Waals surface area contributed by atoms with Crippen LogP contribution in [0.1, 0.15) is 206 Å². The van der Waals surface area contributed by atoms with Gasteiger partial charge in [0.05, 0.1) is 6.61 Å². The molecule has 0 aromatic carbocycles. The van der Waals surface area contributed by atoms with E-state index in [1.54, 1.807) is 0 Å². The molecule has 0 radical (unpaired) electrons. The second kappa shape index (κ2) is 37.8. The first-order valence-electron chi connectivity index (χ1n) is 19.9. The van der Waals surface area contributed by atoms with Crippen LogP contribution in [-0.2, 0) is 19.1 Å². The Labute approximate surface area is 285 Å². The second-order valence-corrected chi connectivity index (χ2v) is 13.4. The number of esters is 2. The molecule has 270 valence electrons. The Morgan fingerprint density at radius 3 is 1.33 bits per heavy atom. The van der Waals surface area contributed by atoms with Crippen LogP contribution in [0.3, 0.4) is 0 Å². The third-order valence-corrected chi connectivity index (χ3v) is 8.75. The molecule has 0 fully saturated rings. The fraction of sp³-hybridized carbons (Fsp3) is 0.854. The molecule has 5 nitrogen and oxygen atoms in total. The minimum absolute atomic E-state index is 0.0632. The van der Waals surface area contributed by atoms with Gasteiger partial charge < -0.3 is 14.6 Å². The number of aliphatic hydroxyl groups excluding tert-OH is 1. The standard InChI is InChI=1S/C41H76O5/c1-3-5-7-9-11-13-15-17-18-19-20-21-22-24-26-28-30-32-34-36-41(44)46-39(37-42)38-45-40(43)35-33-31-29-27-25-23-16-14-12-10-8-6-4-2/h11,13,17-18,39,42H,3-10,12,14-16,19-38H2,1-2H3. The summed E-state index contributed by atoms with van der Waals surface area (Å²) in [5.41, 5.74) is 0. The smallest absolute Gasteiger partial charge is 0.306 e. The molecule has 0 heterocycles. The monoisotopic (exact) mass is 649 g/mol. The van der Waals surface area contributed by atoms with Crippen molar-refractivity contribution < 1.29 is 24.2 Å². The maximum absolute atomic E-state index is 12.2.